The molecule has 3 rings (SSSR count). The first-order chi connectivity index (χ1) is 12.1. The highest BCUT2D eigenvalue weighted by Crippen LogP contribution is 2.28. The summed E-state index contributed by atoms with van der Waals surface area (Å²) in [6, 6.07) is 14.4. The lowest BCUT2D eigenvalue weighted by molar-refractivity contribution is -0.121. The Labute approximate surface area is 156 Å². The number of halogens is 2. The summed E-state index contributed by atoms with van der Waals surface area (Å²) in [5, 5.41) is 3.56. The van der Waals surface area contributed by atoms with Crippen LogP contribution in [0.3, 0.4) is 0 Å². The maximum absolute atomic E-state index is 12.6. The molecule has 1 aliphatic heterocycles. The number of para-hydroxylation sites is 1. The van der Waals surface area contributed by atoms with Gasteiger partial charge in [-0.3, -0.25) is 9.59 Å². The number of carbonyl (C=O) groups is 2. The van der Waals surface area contributed by atoms with Gasteiger partial charge in [0.15, 0.2) is 0 Å². The molecule has 25 heavy (non-hydrogen) atoms. The summed E-state index contributed by atoms with van der Waals surface area (Å²) in [5.74, 6) is -0.243. The molecule has 0 radical (unpaired) electrons. The van der Waals surface area contributed by atoms with Gasteiger partial charge in [0.2, 0.25) is 5.91 Å². The van der Waals surface area contributed by atoms with Crippen LogP contribution in [0.15, 0.2) is 48.5 Å². The maximum Gasteiger partial charge on any atom is 0.255 e. The van der Waals surface area contributed by atoms with Crippen LogP contribution in [0.5, 0.6) is 0 Å². The van der Waals surface area contributed by atoms with Crippen LogP contribution in [0.2, 0.25) is 10.0 Å². The van der Waals surface area contributed by atoms with E-state index in [1.54, 1.807) is 23.1 Å². The summed E-state index contributed by atoms with van der Waals surface area (Å²) in [4.78, 5) is 26.7. The van der Waals surface area contributed by atoms with Crippen LogP contribution >= 0.6 is 23.2 Å². The van der Waals surface area contributed by atoms with Crippen molar-refractivity contribution in [2.45, 2.75) is 12.8 Å². The van der Waals surface area contributed by atoms with E-state index in [0.29, 0.717) is 36.5 Å². The average Bonchev–Trinajstić information content (AvgIpc) is 2.64. The first-order valence-corrected chi connectivity index (χ1v) is 8.91. The molecule has 2 aromatic rings. The smallest absolute Gasteiger partial charge is 0.255 e. The molecule has 130 valence electrons. The van der Waals surface area contributed by atoms with Gasteiger partial charge in [-0.25, -0.2) is 0 Å². The highest BCUT2D eigenvalue weighted by Gasteiger charge is 2.28. The van der Waals surface area contributed by atoms with Crippen molar-refractivity contribution >= 4 is 40.7 Å². The SMILES string of the molecule is O=C(Nc1ccccc1)C1CCN(C(=O)c2cccc(Cl)c2Cl)CC1. The van der Waals surface area contributed by atoms with E-state index in [9.17, 15) is 9.59 Å². The van der Waals surface area contributed by atoms with Gasteiger partial charge in [-0.15, -0.1) is 0 Å². The van der Waals surface area contributed by atoms with Gasteiger partial charge in [0.05, 0.1) is 15.6 Å². The molecule has 0 bridgehead atoms. The molecule has 0 aliphatic carbocycles. The largest absolute Gasteiger partial charge is 0.339 e. The van der Waals surface area contributed by atoms with E-state index in [4.69, 9.17) is 23.2 Å². The van der Waals surface area contributed by atoms with Gasteiger partial charge in [0.25, 0.3) is 5.91 Å². The number of hydrogen-bond donors (Lipinski definition) is 1. The van der Waals surface area contributed by atoms with E-state index in [0.717, 1.165) is 5.69 Å². The second kappa shape index (κ2) is 7.89. The molecule has 2 aromatic carbocycles. The topological polar surface area (TPSA) is 49.4 Å². The molecule has 0 aromatic heterocycles. The lowest BCUT2D eigenvalue weighted by Gasteiger charge is -2.31. The third-order valence-corrected chi connectivity index (χ3v) is 5.20. The van der Waals surface area contributed by atoms with Crippen molar-refractivity contribution < 1.29 is 9.59 Å². The van der Waals surface area contributed by atoms with Gasteiger partial charge in [0, 0.05) is 24.7 Å². The zero-order chi connectivity index (χ0) is 17.8. The molecule has 1 aliphatic rings. The van der Waals surface area contributed by atoms with Crippen LogP contribution in [-0.2, 0) is 4.79 Å². The van der Waals surface area contributed by atoms with Gasteiger partial charge in [-0.2, -0.15) is 0 Å². The van der Waals surface area contributed by atoms with Crippen LogP contribution in [0.25, 0.3) is 0 Å². The van der Waals surface area contributed by atoms with Gasteiger partial charge in [-0.05, 0) is 37.1 Å². The number of benzene rings is 2. The van der Waals surface area contributed by atoms with Crippen molar-refractivity contribution in [3.63, 3.8) is 0 Å². The molecule has 1 fully saturated rings. The number of nitrogens with zero attached hydrogens (tertiary/aromatic N) is 1. The van der Waals surface area contributed by atoms with Gasteiger partial charge >= 0.3 is 0 Å². The fourth-order valence-corrected chi connectivity index (χ4v) is 3.33. The molecule has 0 spiro atoms. The van der Waals surface area contributed by atoms with Gasteiger partial charge in [-0.1, -0.05) is 47.5 Å². The van der Waals surface area contributed by atoms with E-state index >= 15 is 0 Å². The van der Waals surface area contributed by atoms with Crippen LogP contribution in [0.4, 0.5) is 5.69 Å². The van der Waals surface area contributed by atoms with Crippen LogP contribution in [0.1, 0.15) is 23.2 Å². The molecule has 0 atom stereocenters. The Hall–Kier alpha value is -2.04. The van der Waals surface area contributed by atoms with Crippen LogP contribution < -0.4 is 5.32 Å². The quantitative estimate of drug-likeness (QED) is 0.857. The van der Waals surface area contributed by atoms with Crippen LogP contribution in [-0.4, -0.2) is 29.8 Å². The summed E-state index contributed by atoms with van der Waals surface area (Å²) in [6.45, 7) is 1.04. The number of nitrogens with one attached hydrogen (secondary N) is 1. The normalized spacial score (nSPS) is 15.0. The Morgan fingerprint density at radius 1 is 0.960 bits per heavy atom. The molecular weight excluding hydrogens is 359 g/mol. The molecule has 6 heteroatoms. The molecule has 2 amide bonds. The lowest BCUT2D eigenvalue weighted by Crippen LogP contribution is -2.41. The van der Waals surface area contributed by atoms with Crippen LogP contribution in [0, 0.1) is 5.92 Å². The minimum absolute atomic E-state index is 0.000845. The van der Waals surface area contributed by atoms with Crippen molar-refractivity contribution in [2.24, 2.45) is 5.92 Å². The minimum Gasteiger partial charge on any atom is -0.339 e. The predicted octanol–water partition coefficient (Wildman–Crippen LogP) is 4.48. The molecule has 0 unspecified atom stereocenters. The Bertz CT molecular complexity index is 772. The number of anilines is 1. The molecule has 1 N–H and O–H groups in total. The average molecular weight is 377 g/mol. The number of amides is 2. The van der Waals surface area contributed by atoms with Crippen molar-refractivity contribution in [3.05, 3.63) is 64.1 Å². The first-order valence-electron chi connectivity index (χ1n) is 8.15. The Kier molecular flexibility index (Phi) is 5.61. The summed E-state index contributed by atoms with van der Waals surface area (Å²) in [5.41, 5.74) is 1.19. The number of likely N-dealkylation sites (tertiary alicyclic amines) is 1. The molecule has 0 saturated carbocycles. The fraction of sp³-hybridized carbons (Fsp3) is 0.263. The second-order valence-corrected chi connectivity index (χ2v) is 6.81. The second-order valence-electron chi connectivity index (χ2n) is 6.02. The Morgan fingerprint density at radius 3 is 2.32 bits per heavy atom. The fourth-order valence-electron chi connectivity index (χ4n) is 2.95. The standard InChI is InChI=1S/C19H18Cl2N2O2/c20-16-8-4-7-15(17(16)21)19(25)23-11-9-13(10-12-23)18(24)22-14-5-2-1-3-6-14/h1-8,13H,9-12H2,(H,22,24). The summed E-state index contributed by atoms with van der Waals surface area (Å²) < 4.78 is 0. The monoisotopic (exact) mass is 376 g/mol. The molecule has 1 saturated heterocycles. The molecule has 1 heterocycles. The zero-order valence-corrected chi connectivity index (χ0v) is 15.1. The summed E-state index contributed by atoms with van der Waals surface area (Å²) in [7, 11) is 0. The first kappa shape index (κ1) is 17.8. The van der Waals surface area contributed by atoms with Crippen molar-refractivity contribution in [2.75, 3.05) is 18.4 Å². The maximum atomic E-state index is 12.6. The van der Waals surface area contributed by atoms with E-state index in [2.05, 4.69) is 5.32 Å². The summed E-state index contributed by atoms with van der Waals surface area (Å²) >= 11 is 12.1. The minimum atomic E-state index is -0.144. The van der Waals surface area contributed by atoms with E-state index < -0.39 is 0 Å². The number of carbonyl (C=O) groups excluding carboxylic acids is 2. The van der Waals surface area contributed by atoms with Gasteiger partial charge in [0.1, 0.15) is 0 Å². The number of hydrogen-bond acceptors (Lipinski definition) is 2. The third-order valence-electron chi connectivity index (χ3n) is 4.38. The highest BCUT2D eigenvalue weighted by atomic mass is 35.5. The number of piperidine rings is 1. The Balaban J connectivity index is 1.59. The number of rotatable bonds is 3. The van der Waals surface area contributed by atoms with Crippen molar-refractivity contribution in [3.8, 4) is 0 Å². The molecule has 4 nitrogen and oxygen atoms in total. The lowest BCUT2D eigenvalue weighted by atomic mass is 9.95. The van der Waals surface area contributed by atoms with Crippen molar-refractivity contribution in [1.29, 1.82) is 0 Å². The van der Waals surface area contributed by atoms with Gasteiger partial charge < -0.3 is 10.2 Å². The molecular formula is C19H18Cl2N2O2. The zero-order valence-electron chi connectivity index (χ0n) is 13.5. The Morgan fingerprint density at radius 2 is 1.64 bits per heavy atom. The summed E-state index contributed by atoms with van der Waals surface area (Å²) in [6.07, 6.45) is 1.26. The predicted molar refractivity (Wildman–Crippen MR) is 100 cm³/mol. The van der Waals surface area contributed by atoms with Crippen molar-refractivity contribution in [1.82, 2.24) is 4.90 Å². The third kappa shape index (κ3) is 4.14. The highest BCUT2D eigenvalue weighted by molar-refractivity contribution is 6.43. The van der Waals surface area contributed by atoms with E-state index in [-0.39, 0.29) is 22.8 Å². The van der Waals surface area contributed by atoms with E-state index in [1.807, 2.05) is 30.3 Å². The van der Waals surface area contributed by atoms with E-state index in [1.165, 1.54) is 0 Å².